The van der Waals surface area contributed by atoms with Crippen molar-refractivity contribution in [3.63, 3.8) is 0 Å². The minimum absolute atomic E-state index is 0.152. The van der Waals surface area contributed by atoms with Gasteiger partial charge in [-0.2, -0.15) is 0 Å². The predicted molar refractivity (Wildman–Crippen MR) is 69.6 cm³/mol. The van der Waals surface area contributed by atoms with Crippen molar-refractivity contribution < 1.29 is 9.47 Å². The Morgan fingerprint density at radius 3 is 2.47 bits per heavy atom. The summed E-state index contributed by atoms with van der Waals surface area (Å²) in [4.78, 5) is 0. The summed E-state index contributed by atoms with van der Waals surface area (Å²) < 4.78 is 11.6. The Labute approximate surface area is 104 Å². The number of ether oxygens (including phenoxy) is 2. The van der Waals surface area contributed by atoms with E-state index < -0.39 is 0 Å². The summed E-state index contributed by atoms with van der Waals surface area (Å²) in [7, 11) is 3.29. The highest BCUT2D eigenvalue weighted by Crippen LogP contribution is 2.33. The summed E-state index contributed by atoms with van der Waals surface area (Å²) in [5.74, 6) is 1.55. The Morgan fingerprint density at radius 2 is 2.00 bits per heavy atom. The zero-order valence-corrected chi connectivity index (χ0v) is 11.4. The Balaban J connectivity index is 3.08. The fourth-order valence-corrected chi connectivity index (χ4v) is 2.35. The lowest BCUT2D eigenvalue weighted by Gasteiger charge is -2.13. The van der Waals surface area contributed by atoms with E-state index in [1.54, 1.807) is 14.2 Å². The van der Waals surface area contributed by atoms with Crippen LogP contribution in [0.3, 0.4) is 0 Å². The Kier molecular flexibility index (Phi) is 4.66. The molecule has 1 aromatic rings. The third kappa shape index (κ3) is 3.24. The van der Waals surface area contributed by atoms with Gasteiger partial charge in [0.2, 0.25) is 0 Å². The molecule has 84 valence electrons. The lowest BCUT2D eigenvalue weighted by molar-refractivity contribution is 0.352. The third-order valence-electron chi connectivity index (χ3n) is 2.05. The van der Waals surface area contributed by atoms with Crippen LogP contribution in [0.25, 0.3) is 0 Å². The maximum atomic E-state index is 5.76. The number of rotatable bonds is 4. The molecule has 0 spiro atoms. The van der Waals surface area contributed by atoms with E-state index in [0.717, 1.165) is 21.5 Å². The molecule has 2 N–H and O–H groups in total. The minimum Gasteiger partial charge on any atom is -0.493 e. The highest BCUT2D eigenvalue weighted by atomic mass is 127. The van der Waals surface area contributed by atoms with Gasteiger partial charge in [-0.3, -0.25) is 0 Å². The zero-order valence-electron chi connectivity index (χ0n) is 9.21. The normalized spacial score (nSPS) is 12.3. The molecule has 0 fully saturated rings. The molecule has 0 amide bonds. The molecule has 1 unspecified atom stereocenters. The van der Waals surface area contributed by atoms with Gasteiger partial charge >= 0.3 is 0 Å². The van der Waals surface area contributed by atoms with Crippen molar-refractivity contribution >= 4 is 22.6 Å². The number of hydrogen-bond donors (Lipinski definition) is 1. The fourth-order valence-electron chi connectivity index (χ4n) is 1.46. The Morgan fingerprint density at radius 1 is 1.33 bits per heavy atom. The van der Waals surface area contributed by atoms with Gasteiger partial charge in [0.25, 0.3) is 0 Å². The largest absolute Gasteiger partial charge is 0.493 e. The van der Waals surface area contributed by atoms with Crippen molar-refractivity contribution in [2.75, 3.05) is 14.2 Å². The molecular weight excluding hydrogens is 305 g/mol. The van der Waals surface area contributed by atoms with Gasteiger partial charge in [0.1, 0.15) is 0 Å². The van der Waals surface area contributed by atoms with Crippen molar-refractivity contribution in [2.45, 2.75) is 19.4 Å². The van der Waals surface area contributed by atoms with Crippen molar-refractivity contribution in [3.8, 4) is 11.5 Å². The van der Waals surface area contributed by atoms with Crippen LogP contribution >= 0.6 is 22.6 Å². The molecule has 0 aromatic heterocycles. The van der Waals surface area contributed by atoms with Crippen LogP contribution in [0.1, 0.15) is 12.5 Å². The van der Waals surface area contributed by atoms with Crippen LogP contribution in [-0.2, 0) is 6.42 Å². The van der Waals surface area contributed by atoms with Crippen molar-refractivity contribution in [3.05, 3.63) is 21.3 Å². The SMILES string of the molecule is COc1cc(CC(C)N)cc(I)c1OC. The number of benzene rings is 1. The van der Waals surface area contributed by atoms with Gasteiger partial charge in [0.05, 0.1) is 17.8 Å². The van der Waals surface area contributed by atoms with Crippen LogP contribution in [0.15, 0.2) is 12.1 Å². The third-order valence-corrected chi connectivity index (χ3v) is 2.85. The van der Waals surface area contributed by atoms with Crippen molar-refractivity contribution in [1.82, 2.24) is 0 Å². The van der Waals surface area contributed by atoms with Gasteiger partial charge in [-0.15, -0.1) is 0 Å². The lowest BCUT2D eigenvalue weighted by atomic mass is 10.1. The first-order valence-electron chi connectivity index (χ1n) is 4.74. The highest BCUT2D eigenvalue weighted by molar-refractivity contribution is 14.1. The van der Waals surface area contributed by atoms with Gasteiger partial charge in [0.15, 0.2) is 11.5 Å². The van der Waals surface area contributed by atoms with E-state index in [2.05, 4.69) is 28.7 Å². The number of methoxy groups -OCH3 is 2. The topological polar surface area (TPSA) is 44.5 Å². The lowest BCUT2D eigenvalue weighted by Crippen LogP contribution is -2.17. The molecule has 1 aromatic carbocycles. The van der Waals surface area contributed by atoms with Crippen LogP contribution in [0, 0.1) is 3.57 Å². The highest BCUT2D eigenvalue weighted by Gasteiger charge is 2.10. The second-order valence-electron chi connectivity index (χ2n) is 3.49. The maximum Gasteiger partial charge on any atom is 0.174 e. The smallest absolute Gasteiger partial charge is 0.174 e. The summed E-state index contributed by atoms with van der Waals surface area (Å²) in [6.45, 7) is 1.99. The molecule has 15 heavy (non-hydrogen) atoms. The van der Waals surface area contributed by atoms with Crippen LogP contribution in [0.2, 0.25) is 0 Å². The number of hydrogen-bond acceptors (Lipinski definition) is 3. The fraction of sp³-hybridized carbons (Fsp3) is 0.455. The second kappa shape index (κ2) is 5.55. The summed E-state index contributed by atoms with van der Waals surface area (Å²) in [6.07, 6.45) is 0.844. The van der Waals surface area contributed by atoms with Crippen LogP contribution < -0.4 is 15.2 Å². The van der Waals surface area contributed by atoms with E-state index in [1.807, 2.05) is 13.0 Å². The van der Waals surface area contributed by atoms with Crippen LogP contribution in [0.4, 0.5) is 0 Å². The zero-order chi connectivity index (χ0) is 11.4. The standard InChI is InChI=1S/C11H16INO2/c1-7(13)4-8-5-9(12)11(15-3)10(6-8)14-2/h5-7H,4,13H2,1-3H3. The average Bonchev–Trinajstić information content (AvgIpc) is 2.15. The predicted octanol–water partition coefficient (Wildman–Crippen LogP) is 2.20. The summed E-state index contributed by atoms with van der Waals surface area (Å²) in [5.41, 5.74) is 6.94. The van der Waals surface area contributed by atoms with Gasteiger partial charge in [-0.05, 0) is 53.6 Å². The molecule has 0 saturated carbocycles. The first-order chi connectivity index (χ1) is 7.08. The van der Waals surface area contributed by atoms with E-state index in [1.165, 1.54) is 5.56 Å². The molecular formula is C11H16INO2. The molecule has 0 heterocycles. The van der Waals surface area contributed by atoms with Gasteiger partial charge in [-0.25, -0.2) is 0 Å². The molecule has 0 radical (unpaired) electrons. The molecule has 0 aliphatic heterocycles. The van der Waals surface area contributed by atoms with Gasteiger partial charge < -0.3 is 15.2 Å². The van der Waals surface area contributed by atoms with Gasteiger partial charge in [-0.1, -0.05) is 0 Å². The van der Waals surface area contributed by atoms with E-state index >= 15 is 0 Å². The van der Waals surface area contributed by atoms with E-state index in [0.29, 0.717) is 0 Å². The average molecular weight is 321 g/mol. The summed E-state index contributed by atoms with van der Waals surface area (Å²) in [5, 5.41) is 0. The van der Waals surface area contributed by atoms with Crippen molar-refractivity contribution in [2.24, 2.45) is 5.73 Å². The van der Waals surface area contributed by atoms with E-state index in [-0.39, 0.29) is 6.04 Å². The van der Waals surface area contributed by atoms with Crippen LogP contribution in [-0.4, -0.2) is 20.3 Å². The quantitative estimate of drug-likeness (QED) is 0.865. The molecule has 1 atom stereocenters. The van der Waals surface area contributed by atoms with Crippen molar-refractivity contribution in [1.29, 1.82) is 0 Å². The first-order valence-corrected chi connectivity index (χ1v) is 5.82. The maximum absolute atomic E-state index is 5.76. The summed E-state index contributed by atoms with van der Waals surface area (Å²) >= 11 is 2.24. The van der Waals surface area contributed by atoms with Crippen LogP contribution in [0.5, 0.6) is 11.5 Å². The van der Waals surface area contributed by atoms with E-state index in [9.17, 15) is 0 Å². The molecule has 1 rings (SSSR count). The minimum atomic E-state index is 0.152. The van der Waals surface area contributed by atoms with E-state index in [4.69, 9.17) is 15.2 Å². The second-order valence-corrected chi connectivity index (χ2v) is 4.66. The molecule has 3 nitrogen and oxygen atoms in total. The molecule has 0 bridgehead atoms. The molecule has 0 aliphatic carbocycles. The molecule has 4 heteroatoms. The summed E-state index contributed by atoms with van der Waals surface area (Å²) in [6, 6.07) is 4.20. The van der Waals surface area contributed by atoms with Gasteiger partial charge in [0, 0.05) is 6.04 Å². The molecule has 0 aliphatic rings. The number of nitrogens with two attached hydrogens (primary N) is 1. The number of halogens is 1. The Bertz CT molecular complexity index is 340. The Hall–Kier alpha value is -0.490. The molecule has 0 saturated heterocycles. The monoisotopic (exact) mass is 321 g/mol. The first kappa shape index (κ1) is 12.6.